The van der Waals surface area contributed by atoms with Crippen molar-refractivity contribution in [3.05, 3.63) is 94.2 Å². The van der Waals surface area contributed by atoms with Crippen LogP contribution < -0.4 is 0 Å². The van der Waals surface area contributed by atoms with Crippen molar-refractivity contribution in [2.75, 3.05) is 6.54 Å². The normalized spacial score (nSPS) is 11.8. The number of carbonyl (C=O) groups is 2. The molecule has 0 spiro atoms. The molecule has 3 rings (SSSR count). The fraction of sp³-hybridized carbons (Fsp3) is 0.217. The molecule has 4 nitrogen and oxygen atoms in total. The Labute approximate surface area is 169 Å². The molecule has 0 bridgehead atoms. The first-order valence-electron chi connectivity index (χ1n) is 9.23. The molecule has 0 saturated heterocycles. The molecule has 0 aliphatic heterocycles. The van der Waals surface area contributed by atoms with E-state index in [4.69, 9.17) is 0 Å². The third-order valence-corrected chi connectivity index (χ3v) is 5.25. The number of amides is 1. The fourth-order valence-electron chi connectivity index (χ4n) is 2.98. The number of Topliss-reactive ketones (excluding diaryl/α,β-unsaturated/α-hetero) is 1. The van der Waals surface area contributed by atoms with Gasteiger partial charge in [-0.1, -0.05) is 60.7 Å². The molecule has 1 N–H and O–H groups in total. The number of thiophene rings is 1. The molecule has 0 saturated carbocycles. The molecule has 0 radical (unpaired) electrons. The van der Waals surface area contributed by atoms with Crippen molar-refractivity contribution in [2.45, 2.75) is 25.5 Å². The van der Waals surface area contributed by atoms with E-state index in [1.54, 1.807) is 17.0 Å². The minimum absolute atomic E-state index is 0.0491. The van der Waals surface area contributed by atoms with E-state index in [1.807, 2.05) is 65.4 Å². The van der Waals surface area contributed by atoms with Gasteiger partial charge in [0.25, 0.3) is 0 Å². The lowest BCUT2D eigenvalue weighted by Gasteiger charge is -2.25. The van der Waals surface area contributed by atoms with Gasteiger partial charge >= 0.3 is 0 Å². The summed E-state index contributed by atoms with van der Waals surface area (Å²) in [4.78, 5) is 26.8. The van der Waals surface area contributed by atoms with Crippen molar-refractivity contribution < 1.29 is 14.7 Å². The van der Waals surface area contributed by atoms with Crippen LogP contribution in [-0.4, -0.2) is 28.2 Å². The molecule has 1 heterocycles. The second kappa shape index (κ2) is 9.97. The van der Waals surface area contributed by atoms with Crippen LogP contribution >= 0.6 is 11.3 Å². The van der Waals surface area contributed by atoms with E-state index in [-0.39, 0.29) is 31.1 Å². The van der Waals surface area contributed by atoms with Gasteiger partial charge in [-0.3, -0.25) is 9.59 Å². The topological polar surface area (TPSA) is 57.6 Å². The third kappa shape index (κ3) is 5.62. The molecular weight excluding hydrogens is 370 g/mol. The van der Waals surface area contributed by atoms with Gasteiger partial charge in [0.05, 0.1) is 12.6 Å². The molecule has 0 aliphatic carbocycles. The zero-order valence-corrected chi connectivity index (χ0v) is 16.3. The zero-order valence-electron chi connectivity index (χ0n) is 15.5. The second-order valence-corrected chi connectivity index (χ2v) is 7.40. The Morgan fingerprint density at radius 1 is 0.929 bits per heavy atom. The summed E-state index contributed by atoms with van der Waals surface area (Å²) >= 11 is 1.51. The Hall–Kier alpha value is -2.76. The molecule has 5 heteroatoms. The minimum Gasteiger partial charge on any atom is -0.387 e. The number of nitrogens with zero attached hydrogens (tertiary/aromatic N) is 1. The van der Waals surface area contributed by atoms with Gasteiger partial charge in [-0.2, -0.15) is 11.3 Å². The number of hydrogen-bond acceptors (Lipinski definition) is 4. The minimum atomic E-state index is -0.747. The summed E-state index contributed by atoms with van der Waals surface area (Å²) < 4.78 is 0. The molecule has 28 heavy (non-hydrogen) atoms. The predicted octanol–water partition coefficient (Wildman–Crippen LogP) is 4.47. The Balaban J connectivity index is 1.66. The molecule has 0 aliphatic rings. The molecule has 1 aromatic heterocycles. The maximum absolute atomic E-state index is 12.9. The lowest BCUT2D eigenvalue weighted by molar-refractivity contribution is -0.133. The highest BCUT2D eigenvalue weighted by molar-refractivity contribution is 7.07. The Morgan fingerprint density at radius 3 is 2.25 bits per heavy atom. The van der Waals surface area contributed by atoms with E-state index in [2.05, 4.69) is 0 Å². The van der Waals surface area contributed by atoms with Crippen molar-refractivity contribution in [1.29, 1.82) is 0 Å². The summed E-state index contributed by atoms with van der Waals surface area (Å²) in [5.74, 6) is -0.186. The number of benzene rings is 2. The summed E-state index contributed by atoms with van der Waals surface area (Å²) in [5, 5.41) is 14.3. The van der Waals surface area contributed by atoms with Crippen LogP contribution in [0.5, 0.6) is 0 Å². The lowest BCUT2D eigenvalue weighted by atomic mass is 10.1. The van der Waals surface area contributed by atoms with Crippen molar-refractivity contribution in [2.24, 2.45) is 0 Å². The van der Waals surface area contributed by atoms with Crippen molar-refractivity contribution in [1.82, 2.24) is 4.90 Å². The lowest BCUT2D eigenvalue weighted by Crippen LogP contribution is -2.34. The fourth-order valence-corrected chi connectivity index (χ4v) is 3.69. The smallest absolute Gasteiger partial charge is 0.223 e. The van der Waals surface area contributed by atoms with Crippen molar-refractivity contribution in [3.63, 3.8) is 0 Å². The number of rotatable bonds is 9. The van der Waals surface area contributed by atoms with E-state index >= 15 is 0 Å². The molecular formula is C23H23NO3S. The average molecular weight is 394 g/mol. The maximum Gasteiger partial charge on any atom is 0.223 e. The molecule has 144 valence electrons. The van der Waals surface area contributed by atoms with Gasteiger partial charge in [-0.25, -0.2) is 0 Å². The molecule has 1 atom stereocenters. The van der Waals surface area contributed by atoms with E-state index < -0.39 is 6.10 Å². The SMILES string of the molecule is O=C(CCC(=O)N(Cc1ccccc1)C[C@@H](O)c1ccsc1)c1ccccc1. The largest absolute Gasteiger partial charge is 0.387 e. The van der Waals surface area contributed by atoms with Gasteiger partial charge in [0.15, 0.2) is 5.78 Å². The third-order valence-electron chi connectivity index (χ3n) is 4.55. The molecule has 0 fully saturated rings. The number of carbonyl (C=O) groups excluding carboxylic acids is 2. The number of aliphatic hydroxyl groups is 1. The number of ketones is 1. The number of aliphatic hydroxyl groups excluding tert-OH is 1. The van der Waals surface area contributed by atoms with Crippen LogP contribution in [0, 0.1) is 0 Å². The highest BCUT2D eigenvalue weighted by atomic mass is 32.1. The molecule has 1 amide bonds. The first-order valence-corrected chi connectivity index (χ1v) is 10.2. The summed E-state index contributed by atoms with van der Waals surface area (Å²) in [5.41, 5.74) is 2.40. The van der Waals surface area contributed by atoms with Crippen LogP contribution in [0.2, 0.25) is 0 Å². The van der Waals surface area contributed by atoms with Gasteiger partial charge in [-0.15, -0.1) is 0 Å². The highest BCUT2D eigenvalue weighted by Crippen LogP contribution is 2.19. The standard InChI is InChI=1S/C23H23NO3S/c25-21(19-9-5-2-6-10-19)11-12-23(27)24(15-18-7-3-1-4-8-18)16-22(26)20-13-14-28-17-20/h1-10,13-14,17,22,26H,11-12,15-16H2/t22-/m1/s1. The zero-order chi connectivity index (χ0) is 19.8. The van der Waals surface area contributed by atoms with Crippen LogP contribution in [0.3, 0.4) is 0 Å². The molecule has 2 aromatic carbocycles. The van der Waals surface area contributed by atoms with Crippen molar-refractivity contribution in [3.8, 4) is 0 Å². The summed E-state index contributed by atoms with van der Waals surface area (Å²) in [6.45, 7) is 0.602. The Bertz CT molecular complexity index is 879. The molecule has 0 unspecified atom stereocenters. The predicted molar refractivity (Wildman–Crippen MR) is 111 cm³/mol. The maximum atomic E-state index is 12.9. The van der Waals surface area contributed by atoms with E-state index in [0.717, 1.165) is 11.1 Å². The van der Waals surface area contributed by atoms with Crippen LogP contribution in [0.25, 0.3) is 0 Å². The summed E-state index contributed by atoms with van der Waals surface area (Å²) in [6, 6.07) is 20.5. The van der Waals surface area contributed by atoms with Crippen LogP contribution in [0.15, 0.2) is 77.5 Å². The van der Waals surface area contributed by atoms with Gasteiger partial charge in [-0.05, 0) is 28.0 Å². The van der Waals surface area contributed by atoms with Crippen molar-refractivity contribution >= 4 is 23.0 Å². The van der Waals surface area contributed by atoms with Crippen LogP contribution in [-0.2, 0) is 11.3 Å². The first-order chi connectivity index (χ1) is 13.6. The Morgan fingerprint density at radius 2 is 1.61 bits per heavy atom. The van der Waals surface area contributed by atoms with E-state index in [1.165, 1.54) is 11.3 Å². The summed E-state index contributed by atoms with van der Waals surface area (Å²) in [6.07, 6.45) is -0.469. The first kappa shape index (κ1) is 20.0. The highest BCUT2D eigenvalue weighted by Gasteiger charge is 2.20. The second-order valence-electron chi connectivity index (χ2n) is 6.62. The van der Waals surface area contributed by atoms with Gasteiger partial charge < -0.3 is 10.0 Å². The van der Waals surface area contributed by atoms with Gasteiger partial charge in [0, 0.05) is 24.9 Å². The summed E-state index contributed by atoms with van der Waals surface area (Å²) in [7, 11) is 0. The van der Waals surface area contributed by atoms with E-state index in [9.17, 15) is 14.7 Å². The van der Waals surface area contributed by atoms with Gasteiger partial charge in [0.2, 0.25) is 5.91 Å². The monoisotopic (exact) mass is 393 g/mol. The quantitative estimate of drug-likeness (QED) is 0.546. The average Bonchev–Trinajstić information content (AvgIpc) is 3.28. The molecule has 3 aromatic rings. The number of hydrogen-bond donors (Lipinski definition) is 1. The van der Waals surface area contributed by atoms with Crippen LogP contribution in [0.4, 0.5) is 0 Å². The van der Waals surface area contributed by atoms with E-state index in [0.29, 0.717) is 12.1 Å². The van der Waals surface area contributed by atoms with Crippen LogP contribution in [0.1, 0.15) is 40.4 Å². The Kier molecular flexibility index (Phi) is 7.12. The van der Waals surface area contributed by atoms with Gasteiger partial charge in [0.1, 0.15) is 0 Å².